The number of hydrogen-bond donors (Lipinski definition) is 2. The number of rotatable bonds is 20. The van der Waals surface area contributed by atoms with Gasteiger partial charge in [-0.15, -0.1) is 0 Å². The van der Waals surface area contributed by atoms with Crippen LogP contribution in [0.4, 0.5) is 4.39 Å². The van der Waals surface area contributed by atoms with Crippen LogP contribution in [-0.2, 0) is 61.0 Å². The van der Waals surface area contributed by atoms with Crippen LogP contribution in [0.3, 0.4) is 0 Å². The van der Waals surface area contributed by atoms with E-state index in [2.05, 4.69) is 0 Å². The van der Waals surface area contributed by atoms with E-state index in [4.69, 9.17) is 37.3 Å². The molecule has 2 heterocycles. The van der Waals surface area contributed by atoms with E-state index >= 15 is 4.39 Å². The van der Waals surface area contributed by atoms with Crippen molar-refractivity contribution in [3.05, 3.63) is 12.3 Å². The Kier molecular flexibility index (Phi) is 16.9. The number of halogens is 1. The standard InChI is InChI=1S/C31H51FNO15PS2/c1-21(34)10-11-33(22(2)35)24-29(9)23(46-31(38,39)48-29)30(32,47-24)20-45-49(40,43-14-12-41-16-18-50-25(36)27(3,4)5)44-15-13-42-17-19-51-26(37)28(6,7)8/h10-11,23-24,38-39H,12-20H2,1-9H3/b11-10-/t23-,24+,29+,30+/m0/s1. The number of carbonyl (C=O) groups excluding carboxylic acids is 4. The highest BCUT2D eigenvalue weighted by atomic mass is 32.2. The Morgan fingerprint density at radius 2 is 1.33 bits per heavy atom. The van der Waals surface area contributed by atoms with Gasteiger partial charge in [0.2, 0.25) is 5.91 Å². The number of carbonyl (C=O) groups is 4. The molecule has 2 N–H and O–H groups in total. The van der Waals surface area contributed by atoms with Crippen LogP contribution < -0.4 is 0 Å². The number of aliphatic hydroxyl groups is 2. The van der Waals surface area contributed by atoms with Crippen LogP contribution in [0.2, 0.25) is 0 Å². The molecule has 4 atom stereocenters. The van der Waals surface area contributed by atoms with Crippen LogP contribution in [0, 0.1) is 10.8 Å². The number of amides is 1. The van der Waals surface area contributed by atoms with Crippen molar-refractivity contribution >= 4 is 53.3 Å². The molecule has 0 bridgehead atoms. The lowest BCUT2D eigenvalue weighted by Gasteiger charge is -2.33. The number of fused-ring (bicyclic) bond motifs is 1. The second-order valence-corrected chi connectivity index (χ2v) is 17.6. The molecule has 2 aliphatic heterocycles. The Morgan fingerprint density at radius 3 is 1.76 bits per heavy atom. The van der Waals surface area contributed by atoms with E-state index in [1.165, 1.54) is 13.8 Å². The molecule has 1 amide bonds. The maximum absolute atomic E-state index is 16.7. The quantitative estimate of drug-likeness (QED) is 0.0784. The zero-order valence-electron chi connectivity index (χ0n) is 30.5. The molecule has 0 aromatic heterocycles. The summed E-state index contributed by atoms with van der Waals surface area (Å²) in [7, 11) is -4.64. The summed E-state index contributed by atoms with van der Waals surface area (Å²) in [5.74, 6) is -3.64. The first-order valence-electron chi connectivity index (χ1n) is 16.1. The average molecular weight is 792 g/mol. The molecule has 2 fully saturated rings. The fourth-order valence-electron chi connectivity index (χ4n) is 4.39. The minimum Gasteiger partial charge on any atom is -0.378 e. The van der Waals surface area contributed by atoms with Gasteiger partial charge in [0.1, 0.15) is 6.61 Å². The van der Waals surface area contributed by atoms with Gasteiger partial charge in [-0.25, -0.2) is 8.96 Å². The molecular weight excluding hydrogens is 740 g/mol. The Balaban J connectivity index is 2.13. The number of thioether (sulfide) groups is 2. The molecule has 2 rings (SSSR count). The van der Waals surface area contributed by atoms with Crippen LogP contribution in [0.25, 0.3) is 0 Å². The molecule has 2 saturated heterocycles. The number of nitrogens with zero attached hydrogens (tertiary/aromatic N) is 1. The van der Waals surface area contributed by atoms with Gasteiger partial charge in [0.05, 0.1) is 39.6 Å². The molecule has 20 heteroatoms. The summed E-state index contributed by atoms with van der Waals surface area (Å²) in [6.45, 7) is 12.4. The topological polar surface area (TPSA) is 203 Å². The molecule has 16 nitrogen and oxygen atoms in total. The van der Waals surface area contributed by atoms with Crippen molar-refractivity contribution < 1.29 is 75.6 Å². The molecule has 0 spiro atoms. The van der Waals surface area contributed by atoms with Crippen LogP contribution >= 0.6 is 31.3 Å². The van der Waals surface area contributed by atoms with Crippen LogP contribution in [-0.4, -0.2) is 125 Å². The minimum absolute atomic E-state index is 0.0135. The average Bonchev–Trinajstić information content (AvgIpc) is 3.37. The molecule has 0 saturated carbocycles. The minimum atomic E-state index is -4.64. The third-order valence-corrected chi connectivity index (χ3v) is 10.9. The van der Waals surface area contributed by atoms with E-state index < -0.39 is 66.9 Å². The predicted octanol–water partition coefficient (Wildman–Crippen LogP) is 3.53. The van der Waals surface area contributed by atoms with Gasteiger partial charge >= 0.3 is 14.0 Å². The van der Waals surface area contributed by atoms with Crippen molar-refractivity contribution in [1.29, 1.82) is 0 Å². The van der Waals surface area contributed by atoms with Crippen molar-refractivity contribution in [2.45, 2.75) is 92.3 Å². The number of ketones is 1. The summed E-state index contributed by atoms with van der Waals surface area (Å²) in [4.78, 5) is 49.1. The fourth-order valence-corrected chi connectivity index (χ4v) is 7.18. The van der Waals surface area contributed by atoms with E-state index in [1.54, 1.807) is 41.5 Å². The van der Waals surface area contributed by atoms with Gasteiger partial charge in [-0.05, 0) is 19.9 Å². The van der Waals surface area contributed by atoms with Crippen molar-refractivity contribution in [3.8, 4) is 0 Å². The molecular formula is C31H51FNO15PS2. The molecule has 0 aromatic carbocycles. The number of alkyl halides is 1. The lowest BCUT2D eigenvalue weighted by atomic mass is 9.95. The Labute approximate surface area is 306 Å². The SMILES string of the molecule is CC(=O)/C=C\N(C(C)=O)[C@@H]1O[C@](F)(COP(=O)(OCCOCCSC(=O)C(C)(C)C)OCCOCCSC(=O)C(C)(C)C)[C@H]2OC(O)(O)O[C@@]12C. The second-order valence-electron chi connectivity index (χ2n) is 13.8. The van der Waals surface area contributed by atoms with Gasteiger partial charge in [0.15, 0.2) is 33.9 Å². The van der Waals surface area contributed by atoms with E-state index in [1.807, 2.05) is 0 Å². The first-order valence-corrected chi connectivity index (χ1v) is 19.5. The maximum Gasteiger partial charge on any atom is 0.475 e. The highest BCUT2D eigenvalue weighted by molar-refractivity contribution is 8.14. The third kappa shape index (κ3) is 14.1. The lowest BCUT2D eigenvalue weighted by molar-refractivity contribution is -0.460. The van der Waals surface area contributed by atoms with Crippen molar-refractivity contribution in [3.63, 3.8) is 0 Å². The molecule has 51 heavy (non-hydrogen) atoms. The lowest BCUT2D eigenvalue weighted by Crippen LogP contribution is -2.52. The van der Waals surface area contributed by atoms with Gasteiger partial charge in [-0.2, -0.15) is 0 Å². The van der Waals surface area contributed by atoms with E-state index in [0.717, 1.165) is 47.6 Å². The van der Waals surface area contributed by atoms with E-state index in [9.17, 15) is 34.0 Å². The number of phosphoric ester groups is 1. The highest BCUT2D eigenvalue weighted by Crippen LogP contribution is 2.55. The zero-order chi connectivity index (χ0) is 38.9. The third-order valence-electron chi connectivity index (χ3n) is 6.94. The maximum atomic E-state index is 16.7. The first kappa shape index (κ1) is 45.8. The number of allylic oxidation sites excluding steroid dienone is 1. The molecule has 0 aliphatic carbocycles. The predicted molar refractivity (Wildman–Crippen MR) is 184 cm³/mol. The summed E-state index contributed by atoms with van der Waals surface area (Å²) < 4.78 is 73.1. The van der Waals surface area contributed by atoms with Crippen molar-refractivity contribution in [1.82, 2.24) is 4.90 Å². The number of ether oxygens (including phenoxy) is 5. The van der Waals surface area contributed by atoms with Gasteiger partial charge in [0.25, 0.3) is 5.85 Å². The van der Waals surface area contributed by atoms with Crippen molar-refractivity contribution in [2.24, 2.45) is 10.8 Å². The molecule has 2 aliphatic rings. The summed E-state index contributed by atoms with van der Waals surface area (Å²) in [6, 6.07) is 0. The number of hydrogen-bond acceptors (Lipinski definition) is 17. The summed E-state index contributed by atoms with van der Waals surface area (Å²) in [5.41, 5.74) is -3.13. The smallest absolute Gasteiger partial charge is 0.378 e. The highest BCUT2D eigenvalue weighted by Gasteiger charge is 2.74. The summed E-state index contributed by atoms with van der Waals surface area (Å²) in [5, 5.41) is 20.2. The number of phosphoric acid groups is 1. The van der Waals surface area contributed by atoms with E-state index in [0.29, 0.717) is 11.5 Å². The van der Waals surface area contributed by atoms with Gasteiger partial charge < -0.3 is 24.4 Å². The molecule has 0 aromatic rings. The molecule has 0 radical (unpaired) electrons. The normalized spacial score (nSPS) is 24.9. The fraction of sp³-hybridized carbons (Fsp3) is 0.806. The monoisotopic (exact) mass is 791 g/mol. The largest absolute Gasteiger partial charge is 0.475 e. The van der Waals surface area contributed by atoms with Crippen LogP contribution in [0.5, 0.6) is 0 Å². The van der Waals surface area contributed by atoms with Gasteiger partial charge in [-0.3, -0.25) is 47.1 Å². The van der Waals surface area contributed by atoms with Gasteiger partial charge in [0, 0.05) is 35.5 Å². The van der Waals surface area contributed by atoms with Crippen LogP contribution in [0.15, 0.2) is 12.3 Å². The second kappa shape index (κ2) is 18.8. The van der Waals surface area contributed by atoms with E-state index in [-0.39, 0.29) is 49.9 Å². The summed E-state index contributed by atoms with van der Waals surface area (Å²) in [6.07, 6.45) is -5.03. The Morgan fingerprint density at radius 1 is 0.843 bits per heavy atom. The van der Waals surface area contributed by atoms with Crippen molar-refractivity contribution in [2.75, 3.05) is 57.8 Å². The Hall–Kier alpha value is -1.32. The van der Waals surface area contributed by atoms with Crippen LogP contribution in [0.1, 0.15) is 62.3 Å². The van der Waals surface area contributed by atoms with Gasteiger partial charge in [-0.1, -0.05) is 65.1 Å². The Bertz CT molecular complexity index is 1260. The first-order chi connectivity index (χ1) is 23.4. The molecule has 0 unspecified atom stereocenters. The molecule has 294 valence electrons. The zero-order valence-corrected chi connectivity index (χ0v) is 33.0. The summed E-state index contributed by atoms with van der Waals surface area (Å²) >= 11 is 2.21.